The number of fused-ring (bicyclic) bond motifs is 1. The molecule has 14 nitrogen and oxygen atoms in total. The number of carbonyl (C=O) groups is 4. The third kappa shape index (κ3) is 9.25. The number of rotatable bonds is 12. The summed E-state index contributed by atoms with van der Waals surface area (Å²) in [4.78, 5) is 58.8. The second kappa shape index (κ2) is 16.9. The van der Waals surface area contributed by atoms with Gasteiger partial charge in [0.1, 0.15) is 41.6 Å². The van der Waals surface area contributed by atoms with Crippen molar-refractivity contribution in [2.45, 2.75) is 93.5 Å². The topological polar surface area (TPSA) is 148 Å². The average Bonchev–Trinajstić information content (AvgIpc) is 4.20. The first kappa shape index (κ1) is 43.9. The van der Waals surface area contributed by atoms with Gasteiger partial charge in [-0.2, -0.15) is 18.3 Å². The van der Waals surface area contributed by atoms with E-state index in [0.717, 1.165) is 47.1 Å². The Labute approximate surface area is 364 Å². The lowest BCUT2D eigenvalue weighted by atomic mass is 9.79. The van der Waals surface area contributed by atoms with E-state index in [4.69, 9.17) is 14.2 Å². The van der Waals surface area contributed by atoms with E-state index in [9.17, 15) is 41.1 Å². The first-order valence-corrected chi connectivity index (χ1v) is 21.7. The Hall–Kier alpha value is -5.37. The lowest BCUT2D eigenvalue weighted by Gasteiger charge is -2.51. The van der Waals surface area contributed by atoms with Crippen molar-refractivity contribution in [3.63, 3.8) is 0 Å². The van der Waals surface area contributed by atoms with Gasteiger partial charge in [-0.25, -0.2) is 18.0 Å². The van der Waals surface area contributed by atoms with Crippen LogP contribution in [0, 0.1) is 23.6 Å². The van der Waals surface area contributed by atoms with Gasteiger partial charge in [0, 0.05) is 63.8 Å². The van der Waals surface area contributed by atoms with Gasteiger partial charge in [-0.1, -0.05) is 30.3 Å². The Kier molecular flexibility index (Phi) is 11.6. The number of alkyl halides is 5. The molecule has 0 bridgehead atoms. The highest BCUT2D eigenvalue weighted by Gasteiger charge is 2.55. The zero-order valence-electron chi connectivity index (χ0n) is 35.0. The zero-order valence-corrected chi connectivity index (χ0v) is 35.0. The molecule has 1 aromatic heterocycles. The van der Waals surface area contributed by atoms with Crippen LogP contribution >= 0.6 is 0 Å². The summed E-state index contributed by atoms with van der Waals surface area (Å²) in [6, 6.07) is 10.6. The van der Waals surface area contributed by atoms with Gasteiger partial charge in [-0.05, 0) is 61.1 Å². The third-order valence-corrected chi connectivity index (χ3v) is 13.4. The fourth-order valence-electron chi connectivity index (χ4n) is 9.80. The summed E-state index contributed by atoms with van der Waals surface area (Å²) in [6.45, 7) is -2.74. The lowest BCUT2D eigenvalue weighted by Crippen LogP contribution is -2.64. The second-order valence-electron chi connectivity index (χ2n) is 18.1. The highest BCUT2D eigenvalue weighted by molar-refractivity contribution is 6.01. The van der Waals surface area contributed by atoms with Crippen LogP contribution in [0.5, 0.6) is 5.75 Å². The van der Waals surface area contributed by atoms with Crippen LogP contribution in [0.15, 0.2) is 54.7 Å². The molecule has 2 unspecified atom stereocenters. The highest BCUT2D eigenvalue weighted by Crippen LogP contribution is 2.52. The molecule has 2 saturated carbocycles. The maximum Gasteiger partial charge on any atom is 0.416 e. The number of hydrogen-bond acceptors (Lipinski definition) is 9. The minimum atomic E-state index is -4.95. The Morgan fingerprint density at radius 2 is 1.69 bits per heavy atom. The Morgan fingerprint density at radius 3 is 2.30 bits per heavy atom. The molecule has 5 heterocycles. The molecule has 344 valence electrons. The fraction of sp³-hybridized carbons (Fsp3) is 0.568. The smallest absolute Gasteiger partial charge is 0.416 e. The quantitative estimate of drug-likeness (QED) is 0.214. The van der Waals surface area contributed by atoms with Gasteiger partial charge in [0.25, 0.3) is 17.7 Å². The summed E-state index contributed by atoms with van der Waals surface area (Å²) in [5.41, 5.74) is -0.480. The van der Waals surface area contributed by atoms with Gasteiger partial charge in [0.2, 0.25) is 5.91 Å². The van der Waals surface area contributed by atoms with Crippen LogP contribution in [-0.4, -0.2) is 124 Å². The van der Waals surface area contributed by atoms with E-state index in [2.05, 4.69) is 15.7 Å². The molecule has 1 spiro atoms. The van der Waals surface area contributed by atoms with E-state index >= 15 is 4.39 Å². The summed E-state index contributed by atoms with van der Waals surface area (Å²) in [7, 11) is 1.59. The largest absolute Gasteiger partial charge is 0.487 e. The zero-order chi connectivity index (χ0) is 45.1. The first-order chi connectivity index (χ1) is 30.5. The number of likely N-dealkylation sites (tertiary alicyclic amines) is 2. The number of aromatic nitrogens is 2. The molecule has 20 heteroatoms. The van der Waals surface area contributed by atoms with Crippen LogP contribution in [-0.2, 0) is 32.7 Å². The molecule has 2 N–H and O–H groups in total. The minimum Gasteiger partial charge on any atom is -0.487 e. The number of nitrogens with one attached hydrogen (secondary N) is 2. The summed E-state index contributed by atoms with van der Waals surface area (Å²) >= 11 is 0. The highest BCUT2D eigenvalue weighted by atomic mass is 19.4. The van der Waals surface area contributed by atoms with Gasteiger partial charge in [0.15, 0.2) is 6.10 Å². The molecule has 9 rings (SSSR count). The number of amides is 4. The van der Waals surface area contributed by atoms with E-state index in [1.54, 1.807) is 7.05 Å². The number of halogens is 6. The standard InChI is InChI=1S/C44H49F6N7O7/c1-54-31(11-14-51-54)38(58)53-37(36(26-7-8-26)27-9-10-27)39(59)52-30-18-33-28(17-29(30)45)32(57-21-35(44(48,49)50)63-34(40(57)60)20-55-23-43(46,47)24-55)19-42(64-33)12-15-56(16-13-42)41(61)62-22-25-5-3-2-4-6-25/h2-6,11,14,17-18,26-27,32,34-37H,7-10,12-13,15-16,19-24H2,1H3,(H,52,59)(H,53,58)/t32?,34?,35-,37-/m0/s1. The van der Waals surface area contributed by atoms with Crippen LogP contribution in [0.4, 0.5) is 36.8 Å². The maximum atomic E-state index is 16.5. The monoisotopic (exact) mass is 901 g/mol. The molecule has 4 atom stereocenters. The summed E-state index contributed by atoms with van der Waals surface area (Å²) < 4.78 is 106. The molecule has 5 fully saturated rings. The molecular weight excluding hydrogens is 853 g/mol. The van der Waals surface area contributed by atoms with Crippen molar-refractivity contribution in [2.24, 2.45) is 24.8 Å². The Morgan fingerprint density at radius 1 is 1.00 bits per heavy atom. The molecule has 6 aliphatic rings. The van der Waals surface area contributed by atoms with Gasteiger partial charge in [0.05, 0.1) is 31.4 Å². The molecule has 2 aliphatic carbocycles. The second-order valence-corrected chi connectivity index (χ2v) is 18.1. The van der Waals surface area contributed by atoms with Crippen molar-refractivity contribution in [2.75, 3.05) is 44.6 Å². The van der Waals surface area contributed by atoms with Crippen LogP contribution in [0.3, 0.4) is 0 Å². The number of aryl methyl sites for hydroxylation is 1. The molecule has 64 heavy (non-hydrogen) atoms. The third-order valence-electron chi connectivity index (χ3n) is 13.4. The maximum absolute atomic E-state index is 16.5. The molecule has 0 radical (unpaired) electrons. The van der Waals surface area contributed by atoms with E-state index in [-0.39, 0.29) is 79.4 Å². The van der Waals surface area contributed by atoms with E-state index in [0.29, 0.717) is 0 Å². The van der Waals surface area contributed by atoms with Gasteiger partial charge in [-0.3, -0.25) is 24.0 Å². The summed E-state index contributed by atoms with van der Waals surface area (Å²) in [5.74, 6) is -5.96. The van der Waals surface area contributed by atoms with Crippen molar-refractivity contribution in [1.82, 2.24) is 29.8 Å². The summed E-state index contributed by atoms with van der Waals surface area (Å²) in [5, 5.41) is 9.61. The molecule has 4 aliphatic heterocycles. The number of anilines is 1. The molecule has 3 aromatic rings. The first-order valence-electron chi connectivity index (χ1n) is 21.7. The molecule has 2 aromatic carbocycles. The normalized spacial score (nSPS) is 24.7. The SMILES string of the molecule is Cn1nccc1C(=O)N[C@H](C(=O)Nc1cc2c(cc1F)C(N1C[C@@H](C(F)(F)F)OC(CN3CC(F)(F)C3)C1=O)CC1(CCN(C(=O)OCc3ccccc3)CC1)O2)C(C1CC1)C1CC1. The number of carbonyl (C=O) groups excluding carboxylic acids is 4. The van der Waals surface area contributed by atoms with Crippen molar-refractivity contribution in [1.29, 1.82) is 0 Å². The number of benzene rings is 2. The number of hydrogen-bond donors (Lipinski definition) is 2. The van der Waals surface area contributed by atoms with Crippen LogP contribution in [0.2, 0.25) is 0 Å². The van der Waals surface area contributed by atoms with Gasteiger partial charge >= 0.3 is 12.3 Å². The number of morpholine rings is 1. The molecule has 3 saturated heterocycles. The predicted molar refractivity (Wildman–Crippen MR) is 214 cm³/mol. The number of piperidine rings is 1. The van der Waals surface area contributed by atoms with Gasteiger partial charge < -0.3 is 34.6 Å². The Balaban J connectivity index is 1.01. The number of ether oxygens (including phenoxy) is 3. The predicted octanol–water partition coefficient (Wildman–Crippen LogP) is 5.84. The van der Waals surface area contributed by atoms with Crippen molar-refractivity contribution in [3.8, 4) is 5.75 Å². The Bertz CT molecular complexity index is 2240. The van der Waals surface area contributed by atoms with Crippen molar-refractivity contribution >= 4 is 29.5 Å². The molecular formula is C44H49F6N7O7. The van der Waals surface area contributed by atoms with E-state index < -0.39 is 97.8 Å². The van der Waals surface area contributed by atoms with E-state index in [1.807, 2.05) is 30.3 Å². The minimum absolute atomic E-state index is 0.00811. The summed E-state index contributed by atoms with van der Waals surface area (Å²) in [6.07, 6.45) is -4.64. The van der Waals surface area contributed by atoms with Crippen LogP contribution < -0.4 is 15.4 Å². The van der Waals surface area contributed by atoms with E-state index in [1.165, 1.54) is 27.9 Å². The van der Waals surface area contributed by atoms with Crippen LogP contribution in [0.25, 0.3) is 0 Å². The number of nitrogens with zero attached hydrogens (tertiary/aromatic N) is 5. The van der Waals surface area contributed by atoms with Gasteiger partial charge in [-0.15, -0.1) is 0 Å². The average molecular weight is 902 g/mol. The van der Waals surface area contributed by atoms with Crippen LogP contribution in [0.1, 0.15) is 72.6 Å². The van der Waals surface area contributed by atoms with Crippen molar-refractivity contribution < 1.29 is 59.7 Å². The fourth-order valence-corrected chi connectivity index (χ4v) is 9.80. The molecule has 4 amide bonds. The van der Waals surface area contributed by atoms with Crippen molar-refractivity contribution in [3.05, 3.63) is 77.4 Å². The lowest BCUT2D eigenvalue weighted by molar-refractivity contribution is -0.257.